The van der Waals surface area contributed by atoms with E-state index in [1.165, 1.54) is 23.1 Å². The molecule has 3 nitrogen and oxygen atoms in total. The fourth-order valence-corrected chi connectivity index (χ4v) is 3.63. The van der Waals surface area contributed by atoms with Gasteiger partial charge in [0.25, 0.3) is 0 Å². The molecule has 0 radical (unpaired) electrons. The molecule has 1 aliphatic carbocycles. The van der Waals surface area contributed by atoms with Crippen LogP contribution in [0.1, 0.15) is 52.3 Å². The molecule has 0 N–H and O–H groups in total. The molecule has 0 fully saturated rings. The van der Waals surface area contributed by atoms with Gasteiger partial charge in [0, 0.05) is 22.6 Å². The van der Waals surface area contributed by atoms with Crippen molar-refractivity contribution in [3.8, 4) is 5.75 Å². The summed E-state index contributed by atoms with van der Waals surface area (Å²) in [5.41, 5.74) is 3.86. The lowest BCUT2D eigenvalue weighted by molar-refractivity contribution is -0.126. The third kappa shape index (κ3) is 2.97. The molecular formula is C21H29NO2. The van der Waals surface area contributed by atoms with Gasteiger partial charge in [0.05, 0.1) is 19.2 Å². The highest BCUT2D eigenvalue weighted by atomic mass is 16.5. The molecule has 0 amide bonds. The second-order valence-electron chi connectivity index (χ2n) is 8.91. The molecule has 0 atom stereocenters. The first-order valence-corrected chi connectivity index (χ1v) is 8.84. The van der Waals surface area contributed by atoms with Crippen molar-refractivity contribution >= 4 is 16.7 Å². The number of aryl methyl sites for hydroxylation is 1. The highest BCUT2D eigenvalue weighted by molar-refractivity contribution is 5.90. The summed E-state index contributed by atoms with van der Waals surface area (Å²) in [5.74, 6) is 1.12. The van der Waals surface area contributed by atoms with Crippen LogP contribution in [0.5, 0.6) is 5.75 Å². The lowest BCUT2D eigenvalue weighted by Crippen LogP contribution is -2.28. The molecule has 0 saturated carbocycles. The molecule has 0 bridgehead atoms. The van der Waals surface area contributed by atoms with Crippen molar-refractivity contribution in [2.45, 2.75) is 60.4 Å². The highest BCUT2D eigenvalue weighted by Gasteiger charge is 2.32. The summed E-state index contributed by atoms with van der Waals surface area (Å²) < 4.78 is 7.68. The van der Waals surface area contributed by atoms with Crippen molar-refractivity contribution in [1.29, 1.82) is 0 Å². The van der Waals surface area contributed by atoms with Crippen molar-refractivity contribution < 1.29 is 9.53 Å². The van der Waals surface area contributed by atoms with Gasteiger partial charge < -0.3 is 9.30 Å². The van der Waals surface area contributed by atoms with Crippen molar-refractivity contribution in [3.63, 3.8) is 0 Å². The van der Waals surface area contributed by atoms with Crippen LogP contribution in [0, 0.1) is 10.8 Å². The molecule has 1 aliphatic rings. The average molecular weight is 327 g/mol. The Hall–Kier alpha value is -1.77. The predicted molar refractivity (Wildman–Crippen MR) is 98.8 cm³/mol. The highest BCUT2D eigenvalue weighted by Crippen LogP contribution is 2.40. The third-order valence-electron chi connectivity index (χ3n) is 5.33. The molecule has 2 aromatic rings. The van der Waals surface area contributed by atoms with Gasteiger partial charge in [-0.3, -0.25) is 4.79 Å². The van der Waals surface area contributed by atoms with E-state index in [0.717, 1.165) is 24.1 Å². The molecule has 0 aliphatic heterocycles. The molecule has 0 spiro atoms. The monoisotopic (exact) mass is 327 g/mol. The van der Waals surface area contributed by atoms with Crippen LogP contribution in [-0.4, -0.2) is 17.5 Å². The minimum atomic E-state index is -0.327. The number of fused-ring (bicyclic) bond motifs is 3. The number of hydrogen-bond donors (Lipinski definition) is 0. The average Bonchev–Trinajstić information content (AvgIpc) is 2.77. The van der Waals surface area contributed by atoms with Crippen LogP contribution in [0.2, 0.25) is 0 Å². The zero-order valence-electron chi connectivity index (χ0n) is 15.8. The minimum absolute atomic E-state index is 0.272. The maximum Gasteiger partial charge on any atom is 0.157 e. The number of methoxy groups -OCH3 is 1. The van der Waals surface area contributed by atoms with Crippen molar-refractivity contribution in [2.24, 2.45) is 10.8 Å². The van der Waals surface area contributed by atoms with Crippen molar-refractivity contribution in [1.82, 2.24) is 4.57 Å². The summed E-state index contributed by atoms with van der Waals surface area (Å²) >= 11 is 0. The Morgan fingerprint density at radius 3 is 2.62 bits per heavy atom. The third-order valence-corrected chi connectivity index (χ3v) is 5.33. The Bertz CT molecular complexity index is 790. The van der Waals surface area contributed by atoms with E-state index in [1.54, 1.807) is 7.11 Å². The van der Waals surface area contributed by atoms with Gasteiger partial charge in [-0.2, -0.15) is 0 Å². The van der Waals surface area contributed by atoms with Crippen molar-refractivity contribution in [3.05, 3.63) is 29.5 Å². The quantitative estimate of drug-likeness (QED) is 0.812. The summed E-state index contributed by atoms with van der Waals surface area (Å²) in [4.78, 5) is 12.7. The first kappa shape index (κ1) is 17.1. The zero-order valence-corrected chi connectivity index (χ0v) is 15.8. The van der Waals surface area contributed by atoms with Gasteiger partial charge in [-0.05, 0) is 42.4 Å². The molecule has 1 heterocycles. The van der Waals surface area contributed by atoms with Crippen molar-refractivity contribution in [2.75, 3.05) is 7.11 Å². The van der Waals surface area contributed by atoms with Gasteiger partial charge in [0.2, 0.25) is 0 Å². The number of carbonyl (C=O) groups is 1. The number of rotatable bonds is 3. The summed E-state index contributed by atoms with van der Waals surface area (Å²) in [6.07, 6.45) is 3.30. The summed E-state index contributed by atoms with van der Waals surface area (Å²) in [5, 5.41) is 1.28. The predicted octanol–water partition coefficient (Wildman–Crippen LogP) is 4.78. The smallest absolute Gasteiger partial charge is 0.157 e. The van der Waals surface area contributed by atoms with Gasteiger partial charge in [-0.25, -0.2) is 0 Å². The normalized spacial score (nSPS) is 16.9. The molecule has 1 aromatic heterocycles. The second kappa shape index (κ2) is 5.65. The molecule has 3 heteroatoms. The van der Waals surface area contributed by atoms with E-state index in [2.05, 4.69) is 30.5 Å². The number of Topliss-reactive ketones (excluding diaryl/α,β-unsaturated/α-hetero) is 1. The number of nitrogens with zero attached hydrogens (tertiary/aromatic N) is 1. The van der Waals surface area contributed by atoms with Crippen LogP contribution in [0.4, 0.5) is 0 Å². The van der Waals surface area contributed by atoms with Crippen LogP contribution in [0.15, 0.2) is 18.2 Å². The first-order chi connectivity index (χ1) is 11.1. The number of ketones is 1. The van der Waals surface area contributed by atoms with E-state index >= 15 is 0 Å². The number of carbonyl (C=O) groups excluding carboxylic acids is 1. The Labute approximate surface area is 145 Å². The van der Waals surface area contributed by atoms with Gasteiger partial charge in [0.1, 0.15) is 5.75 Å². The van der Waals surface area contributed by atoms with Crippen LogP contribution < -0.4 is 4.74 Å². The van der Waals surface area contributed by atoms with Crippen LogP contribution >= 0.6 is 0 Å². The number of aromatic nitrogens is 1. The van der Waals surface area contributed by atoms with Gasteiger partial charge in [0.15, 0.2) is 5.78 Å². The Morgan fingerprint density at radius 2 is 2.00 bits per heavy atom. The van der Waals surface area contributed by atoms with E-state index < -0.39 is 0 Å². The van der Waals surface area contributed by atoms with Crippen LogP contribution in [0.25, 0.3) is 10.9 Å². The lowest BCUT2D eigenvalue weighted by Gasteiger charge is -2.31. The fourth-order valence-electron chi connectivity index (χ4n) is 3.63. The molecule has 130 valence electrons. The summed E-state index contributed by atoms with van der Waals surface area (Å²) in [6.45, 7) is 11.1. The molecule has 3 rings (SSSR count). The molecule has 0 saturated heterocycles. The van der Waals surface area contributed by atoms with Crippen LogP contribution in [0.3, 0.4) is 0 Å². The van der Waals surface area contributed by atoms with E-state index in [0.29, 0.717) is 6.54 Å². The Balaban J connectivity index is 2.19. The zero-order chi connectivity index (χ0) is 17.7. The number of hydrogen-bond acceptors (Lipinski definition) is 2. The lowest BCUT2D eigenvalue weighted by atomic mass is 9.76. The SMILES string of the molecule is COc1ccc2c3c(n(CC(=O)C(C)(C)C)c2c1)CC(C)(C)CC3. The largest absolute Gasteiger partial charge is 0.497 e. The van der Waals surface area contributed by atoms with Gasteiger partial charge in [-0.15, -0.1) is 0 Å². The van der Waals surface area contributed by atoms with E-state index in [-0.39, 0.29) is 16.6 Å². The van der Waals surface area contributed by atoms with E-state index in [4.69, 9.17) is 4.74 Å². The maximum atomic E-state index is 12.7. The number of ether oxygens (including phenoxy) is 1. The topological polar surface area (TPSA) is 31.2 Å². The molecule has 1 aromatic carbocycles. The van der Waals surface area contributed by atoms with Crippen LogP contribution in [-0.2, 0) is 24.2 Å². The minimum Gasteiger partial charge on any atom is -0.497 e. The first-order valence-electron chi connectivity index (χ1n) is 8.84. The number of benzene rings is 1. The molecule has 24 heavy (non-hydrogen) atoms. The van der Waals surface area contributed by atoms with E-state index in [9.17, 15) is 4.79 Å². The summed E-state index contributed by atoms with van der Waals surface area (Å²) in [6, 6.07) is 6.26. The fraction of sp³-hybridized carbons (Fsp3) is 0.571. The second-order valence-corrected chi connectivity index (χ2v) is 8.91. The van der Waals surface area contributed by atoms with Gasteiger partial charge in [-0.1, -0.05) is 34.6 Å². The van der Waals surface area contributed by atoms with E-state index in [1.807, 2.05) is 26.8 Å². The molecule has 0 unspecified atom stereocenters. The maximum absolute atomic E-state index is 12.7. The Kier molecular flexibility index (Phi) is 4.01. The summed E-state index contributed by atoms with van der Waals surface area (Å²) in [7, 11) is 1.69. The molecular weight excluding hydrogens is 298 g/mol. The standard InChI is InChI=1S/C21H29NO2/c1-20(2,3)19(23)13-22-17-11-14(24-6)7-8-15(17)16-9-10-21(4,5)12-18(16)22/h7-8,11H,9-10,12-13H2,1-6H3. The van der Waals surface area contributed by atoms with Gasteiger partial charge >= 0.3 is 0 Å². The Morgan fingerprint density at radius 1 is 1.29 bits per heavy atom.